The van der Waals surface area contributed by atoms with Crippen LogP contribution >= 0.6 is 0 Å². The lowest BCUT2D eigenvalue weighted by atomic mass is 10.2. The second-order valence-corrected chi connectivity index (χ2v) is 4.13. The van der Waals surface area contributed by atoms with Gasteiger partial charge >= 0.3 is 5.97 Å². The third kappa shape index (κ3) is 2.44. The molecule has 0 N–H and O–H groups in total. The Morgan fingerprint density at radius 1 is 1.19 bits per heavy atom. The molecule has 1 aliphatic rings. The zero-order valence-corrected chi connectivity index (χ0v) is 10.6. The van der Waals surface area contributed by atoms with E-state index in [0.29, 0.717) is 5.76 Å². The minimum absolute atomic E-state index is 0.0260. The molecule has 0 bridgehead atoms. The highest BCUT2D eigenvalue weighted by Crippen LogP contribution is 2.24. The number of hydrogen-bond donors (Lipinski definition) is 0. The van der Waals surface area contributed by atoms with Gasteiger partial charge < -0.3 is 9.15 Å². The van der Waals surface area contributed by atoms with E-state index in [2.05, 4.69) is 4.99 Å². The van der Waals surface area contributed by atoms with Crippen molar-refractivity contribution in [2.24, 2.45) is 4.99 Å². The Hall–Kier alpha value is -3.22. The van der Waals surface area contributed by atoms with Crippen molar-refractivity contribution in [3.8, 4) is 0 Å². The number of rotatable bonds is 3. The van der Waals surface area contributed by atoms with Gasteiger partial charge in [0, 0.05) is 12.1 Å². The van der Waals surface area contributed by atoms with E-state index < -0.39 is 10.9 Å². The molecule has 0 radical (unpaired) electrons. The van der Waals surface area contributed by atoms with Gasteiger partial charge in [0.25, 0.3) is 5.69 Å². The Morgan fingerprint density at radius 3 is 2.71 bits per heavy atom. The van der Waals surface area contributed by atoms with E-state index in [1.165, 1.54) is 30.5 Å². The van der Waals surface area contributed by atoms with Crippen LogP contribution in [0, 0.1) is 10.1 Å². The van der Waals surface area contributed by atoms with Gasteiger partial charge in [0.1, 0.15) is 11.3 Å². The summed E-state index contributed by atoms with van der Waals surface area (Å²) in [6.45, 7) is 0. The van der Waals surface area contributed by atoms with Gasteiger partial charge in [-0.3, -0.25) is 10.1 Å². The van der Waals surface area contributed by atoms with Crippen LogP contribution in [-0.4, -0.2) is 16.8 Å². The van der Waals surface area contributed by atoms with Crippen LogP contribution in [0.3, 0.4) is 0 Å². The lowest BCUT2D eigenvalue weighted by Crippen LogP contribution is -2.07. The fourth-order valence-electron chi connectivity index (χ4n) is 1.85. The van der Waals surface area contributed by atoms with Crippen molar-refractivity contribution in [3.63, 3.8) is 0 Å². The Kier molecular flexibility index (Phi) is 3.07. The fourth-order valence-corrected chi connectivity index (χ4v) is 1.85. The molecule has 0 saturated carbocycles. The molecule has 0 spiro atoms. The first-order chi connectivity index (χ1) is 10.1. The van der Waals surface area contributed by atoms with Crippen molar-refractivity contribution >= 4 is 23.6 Å². The highest BCUT2D eigenvalue weighted by atomic mass is 16.6. The largest absolute Gasteiger partial charge is 0.465 e. The molecule has 0 fully saturated rings. The van der Waals surface area contributed by atoms with Crippen LogP contribution in [0.2, 0.25) is 0 Å². The molecule has 1 aromatic carbocycles. The number of carbonyl (C=O) groups is 1. The molecule has 0 atom stereocenters. The summed E-state index contributed by atoms with van der Waals surface area (Å²) in [6, 6.07) is 9.24. The predicted molar refractivity (Wildman–Crippen MR) is 72.4 cm³/mol. The van der Waals surface area contributed by atoms with Crippen LogP contribution in [0.5, 0.6) is 0 Å². The summed E-state index contributed by atoms with van der Waals surface area (Å²) in [5.74, 6) is -0.334. The molecule has 2 aromatic rings. The summed E-state index contributed by atoms with van der Waals surface area (Å²) < 4.78 is 10.1. The van der Waals surface area contributed by atoms with E-state index >= 15 is 0 Å². The summed E-state index contributed by atoms with van der Waals surface area (Å²) in [6.07, 6.45) is 2.86. The topological polar surface area (TPSA) is 94.9 Å². The Morgan fingerprint density at radius 2 is 2.00 bits per heavy atom. The van der Waals surface area contributed by atoms with Crippen molar-refractivity contribution < 1.29 is 18.9 Å². The number of nitro benzene ring substituents is 1. The third-order valence-electron chi connectivity index (χ3n) is 2.77. The summed E-state index contributed by atoms with van der Waals surface area (Å²) in [5.41, 5.74) is 0.0000875. The molecule has 1 aliphatic heterocycles. The predicted octanol–water partition coefficient (Wildman–Crippen LogP) is 2.53. The molecule has 7 heteroatoms. The Bertz CT molecular complexity index is 774. The number of furan rings is 1. The maximum Gasteiger partial charge on any atom is 0.363 e. The summed E-state index contributed by atoms with van der Waals surface area (Å²) in [7, 11) is 0. The quantitative estimate of drug-likeness (QED) is 0.373. The highest BCUT2D eigenvalue weighted by molar-refractivity contribution is 6.14. The molecule has 7 nitrogen and oxygen atoms in total. The monoisotopic (exact) mass is 284 g/mol. The Balaban J connectivity index is 2.02. The van der Waals surface area contributed by atoms with E-state index in [1.807, 2.05) is 0 Å². The molecule has 1 aromatic heterocycles. The zero-order chi connectivity index (χ0) is 14.8. The number of benzene rings is 1. The van der Waals surface area contributed by atoms with Crippen LogP contribution in [0.1, 0.15) is 11.3 Å². The van der Waals surface area contributed by atoms with Crippen LogP contribution in [-0.2, 0) is 9.53 Å². The number of carbonyl (C=O) groups excluding carboxylic acids is 1. The molecule has 0 saturated heterocycles. The molecule has 21 heavy (non-hydrogen) atoms. The molecule has 2 heterocycles. The van der Waals surface area contributed by atoms with Crippen molar-refractivity contribution in [2.45, 2.75) is 0 Å². The smallest absolute Gasteiger partial charge is 0.363 e. The van der Waals surface area contributed by atoms with E-state index in [9.17, 15) is 14.9 Å². The van der Waals surface area contributed by atoms with Gasteiger partial charge in [-0.05, 0) is 18.2 Å². The molecular weight excluding hydrogens is 276 g/mol. The number of esters is 1. The van der Waals surface area contributed by atoms with Crippen LogP contribution in [0.25, 0.3) is 6.08 Å². The first-order valence-electron chi connectivity index (χ1n) is 5.95. The SMILES string of the molecule is O=C1OC(c2ccccc2[N+](=O)[O-])=NC1=Cc1ccco1. The second-order valence-electron chi connectivity index (χ2n) is 4.13. The van der Waals surface area contributed by atoms with Gasteiger partial charge in [0.05, 0.1) is 11.2 Å². The first-order valence-corrected chi connectivity index (χ1v) is 5.95. The standard InChI is InChI=1S/C14H8N2O5/c17-14-11(8-9-4-3-7-20-9)15-13(21-14)10-5-1-2-6-12(10)16(18)19/h1-8H. The number of aliphatic imine (C=N–C) groups is 1. The highest BCUT2D eigenvalue weighted by Gasteiger charge is 2.29. The van der Waals surface area contributed by atoms with Gasteiger partial charge in [0.2, 0.25) is 5.90 Å². The minimum atomic E-state index is -0.681. The average molecular weight is 284 g/mol. The second kappa shape index (κ2) is 5.04. The molecule has 3 rings (SSSR count). The summed E-state index contributed by atoms with van der Waals surface area (Å²) in [4.78, 5) is 26.2. The number of nitro groups is 1. The first kappa shape index (κ1) is 12.8. The zero-order valence-electron chi connectivity index (χ0n) is 10.6. The van der Waals surface area contributed by atoms with Crippen LogP contribution in [0.15, 0.2) is 57.8 Å². The van der Waals surface area contributed by atoms with Crippen LogP contribution in [0.4, 0.5) is 5.69 Å². The van der Waals surface area contributed by atoms with Crippen LogP contribution < -0.4 is 0 Å². The van der Waals surface area contributed by atoms with E-state index in [4.69, 9.17) is 9.15 Å². The van der Waals surface area contributed by atoms with E-state index in [-0.39, 0.29) is 22.8 Å². The average Bonchev–Trinajstić information content (AvgIpc) is 3.10. The van der Waals surface area contributed by atoms with Gasteiger partial charge in [-0.15, -0.1) is 0 Å². The summed E-state index contributed by atoms with van der Waals surface area (Å²) in [5, 5.41) is 11.0. The third-order valence-corrected chi connectivity index (χ3v) is 2.77. The number of cyclic esters (lactones) is 1. The van der Waals surface area contributed by atoms with Crippen molar-refractivity contribution in [3.05, 3.63) is 69.8 Å². The minimum Gasteiger partial charge on any atom is -0.465 e. The maximum absolute atomic E-state index is 11.7. The van der Waals surface area contributed by atoms with E-state index in [1.54, 1.807) is 18.2 Å². The molecule has 0 unspecified atom stereocenters. The molecular formula is C14H8N2O5. The molecule has 104 valence electrons. The number of nitrogens with zero attached hydrogens (tertiary/aromatic N) is 2. The van der Waals surface area contributed by atoms with Gasteiger partial charge in [0.15, 0.2) is 5.70 Å². The maximum atomic E-state index is 11.7. The summed E-state index contributed by atoms with van der Waals surface area (Å²) >= 11 is 0. The lowest BCUT2D eigenvalue weighted by molar-refractivity contribution is -0.385. The normalized spacial score (nSPS) is 15.9. The number of hydrogen-bond acceptors (Lipinski definition) is 6. The molecule has 0 amide bonds. The van der Waals surface area contributed by atoms with Gasteiger partial charge in [-0.2, -0.15) is 0 Å². The van der Waals surface area contributed by atoms with Crippen molar-refractivity contribution in [1.29, 1.82) is 0 Å². The lowest BCUT2D eigenvalue weighted by Gasteiger charge is -2.00. The Labute approximate surface area is 118 Å². The molecule has 0 aliphatic carbocycles. The van der Waals surface area contributed by atoms with Crippen molar-refractivity contribution in [1.82, 2.24) is 0 Å². The van der Waals surface area contributed by atoms with E-state index in [0.717, 1.165) is 0 Å². The number of ether oxygens (including phenoxy) is 1. The van der Waals surface area contributed by atoms with Crippen molar-refractivity contribution in [2.75, 3.05) is 0 Å². The van der Waals surface area contributed by atoms with Gasteiger partial charge in [-0.1, -0.05) is 12.1 Å². The number of para-hydroxylation sites is 1. The van der Waals surface area contributed by atoms with Gasteiger partial charge in [-0.25, -0.2) is 9.79 Å². The fraction of sp³-hybridized carbons (Fsp3) is 0.